The van der Waals surface area contributed by atoms with Crippen LogP contribution < -0.4 is 10.6 Å². The van der Waals surface area contributed by atoms with Gasteiger partial charge in [-0.15, -0.1) is 0 Å². The molecule has 1 saturated heterocycles. The standard InChI is InChI=1S/C26H30N6O/c1-18-29-24-25(23-21(30-26(24)27)8-7-14-28-23)32(18)17-4-2-3-9-22(33)19-10-12-20(13-11-19)31-15-5-6-16-31/h7-8,10-14H,2-6,9,15-17H2,1H3,(H2,27,30). The number of fused-ring (bicyclic) bond motifs is 3. The van der Waals surface area contributed by atoms with Gasteiger partial charge in [0.1, 0.15) is 22.4 Å². The van der Waals surface area contributed by atoms with Crippen molar-refractivity contribution in [2.24, 2.45) is 0 Å². The zero-order valence-corrected chi connectivity index (χ0v) is 19.1. The number of aryl methyl sites for hydroxylation is 2. The molecule has 0 atom stereocenters. The lowest BCUT2D eigenvalue weighted by Crippen LogP contribution is -2.17. The minimum Gasteiger partial charge on any atom is -0.382 e. The van der Waals surface area contributed by atoms with Gasteiger partial charge in [-0.25, -0.2) is 9.97 Å². The van der Waals surface area contributed by atoms with Crippen molar-refractivity contribution in [3.05, 3.63) is 54.0 Å². The Bertz CT molecular complexity index is 1290. The number of hydrogen-bond acceptors (Lipinski definition) is 6. The number of carbonyl (C=O) groups excluding carboxylic acids is 1. The summed E-state index contributed by atoms with van der Waals surface area (Å²) in [4.78, 5) is 28.6. The molecule has 1 aliphatic heterocycles. The van der Waals surface area contributed by atoms with Gasteiger partial charge < -0.3 is 15.2 Å². The summed E-state index contributed by atoms with van der Waals surface area (Å²) >= 11 is 0. The van der Waals surface area contributed by atoms with Gasteiger partial charge in [0.25, 0.3) is 0 Å². The maximum Gasteiger partial charge on any atom is 0.162 e. The SMILES string of the molecule is Cc1nc2c(N)nc3cccnc3c2n1CCCCCC(=O)c1ccc(N2CCCC2)cc1. The molecule has 1 aromatic carbocycles. The molecule has 0 bridgehead atoms. The maximum absolute atomic E-state index is 12.6. The highest BCUT2D eigenvalue weighted by Crippen LogP contribution is 2.27. The van der Waals surface area contributed by atoms with E-state index in [2.05, 4.69) is 36.6 Å². The first-order valence-electron chi connectivity index (χ1n) is 11.9. The highest BCUT2D eigenvalue weighted by atomic mass is 16.1. The van der Waals surface area contributed by atoms with Crippen LogP contribution in [0.3, 0.4) is 0 Å². The second-order valence-electron chi connectivity index (χ2n) is 8.85. The molecule has 0 spiro atoms. The van der Waals surface area contributed by atoms with Crippen LogP contribution in [-0.4, -0.2) is 38.4 Å². The summed E-state index contributed by atoms with van der Waals surface area (Å²) in [6, 6.07) is 11.9. The van der Waals surface area contributed by atoms with Crippen molar-refractivity contribution in [1.82, 2.24) is 19.5 Å². The summed E-state index contributed by atoms with van der Waals surface area (Å²) in [5, 5.41) is 0. The Kier molecular flexibility index (Phi) is 5.94. The van der Waals surface area contributed by atoms with Gasteiger partial charge >= 0.3 is 0 Å². The van der Waals surface area contributed by atoms with E-state index in [-0.39, 0.29) is 5.78 Å². The van der Waals surface area contributed by atoms with E-state index >= 15 is 0 Å². The number of nitrogens with two attached hydrogens (primary N) is 1. The summed E-state index contributed by atoms with van der Waals surface area (Å²) in [6.45, 7) is 5.04. The first kappa shape index (κ1) is 21.4. The highest BCUT2D eigenvalue weighted by molar-refractivity contribution is 6.04. The maximum atomic E-state index is 12.6. The van der Waals surface area contributed by atoms with E-state index in [4.69, 9.17) is 5.73 Å². The number of anilines is 2. The number of benzene rings is 1. The van der Waals surface area contributed by atoms with Crippen LogP contribution in [0.15, 0.2) is 42.6 Å². The number of rotatable bonds is 8. The van der Waals surface area contributed by atoms with Crippen LogP contribution in [0, 0.1) is 6.92 Å². The smallest absolute Gasteiger partial charge is 0.162 e. The summed E-state index contributed by atoms with van der Waals surface area (Å²) in [7, 11) is 0. The van der Waals surface area contributed by atoms with Crippen molar-refractivity contribution < 1.29 is 4.79 Å². The molecule has 0 unspecified atom stereocenters. The third kappa shape index (κ3) is 4.27. The first-order valence-corrected chi connectivity index (χ1v) is 11.9. The van der Waals surface area contributed by atoms with Crippen molar-refractivity contribution in [3.63, 3.8) is 0 Å². The Hall–Kier alpha value is -3.48. The van der Waals surface area contributed by atoms with Crippen LogP contribution in [-0.2, 0) is 6.54 Å². The van der Waals surface area contributed by atoms with Crippen LogP contribution in [0.4, 0.5) is 11.5 Å². The van der Waals surface area contributed by atoms with Gasteiger partial charge in [0.05, 0.1) is 5.52 Å². The molecule has 2 N–H and O–H groups in total. The molecule has 3 aromatic heterocycles. The molecule has 0 radical (unpaired) electrons. The minimum absolute atomic E-state index is 0.223. The average molecular weight is 443 g/mol. The Labute approximate surface area is 193 Å². The zero-order chi connectivity index (χ0) is 22.8. The van der Waals surface area contributed by atoms with Gasteiger partial charge in [-0.1, -0.05) is 6.42 Å². The molecule has 7 heteroatoms. The summed E-state index contributed by atoms with van der Waals surface area (Å²) in [5.74, 6) is 1.57. The van der Waals surface area contributed by atoms with Crippen molar-refractivity contribution in [1.29, 1.82) is 0 Å². The number of carbonyl (C=O) groups is 1. The Morgan fingerprint density at radius 1 is 1.00 bits per heavy atom. The fourth-order valence-corrected chi connectivity index (χ4v) is 4.82. The molecule has 4 heterocycles. The normalized spacial score (nSPS) is 13.9. The van der Waals surface area contributed by atoms with Gasteiger partial charge in [-0.2, -0.15) is 0 Å². The number of aromatic nitrogens is 4. The van der Waals surface area contributed by atoms with Crippen LogP contribution in [0.25, 0.3) is 22.1 Å². The van der Waals surface area contributed by atoms with Crippen molar-refractivity contribution >= 4 is 39.4 Å². The third-order valence-corrected chi connectivity index (χ3v) is 6.60. The molecule has 170 valence electrons. The summed E-state index contributed by atoms with van der Waals surface area (Å²) in [5.41, 5.74) is 11.5. The lowest BCUT2D eigenvalue weighted by molar-refractivity contribution is 0.0979. The van der Waals surface area contributed by atoms with Gasteiger partial charge in [0.2, 0.25) is 0 Å². The molecule has 5 rings (SSSR count). The molecule has 0 aliphatic carbocycles. The Morgan fingerprint density at radius 2 is 1.79 bits per heavy atom. The molecular formula is C26H30N6O. The molecule has 0 saturated carbocycles. The lowest BCUT2D eigenvalue weighted by Gasteiger charge is -2.17. The molecule has 4 aromatic rings. The third-order valence-electron chi connectivity index (χ3n) is 6.60. The molecule has 0 amide bonds. The van der Waals surface area contributed by atoms with Crippen LogP contribution in [0.5, 0.6) is 0 Å². The van der Waals surface area contributed by atoms with E-state index in [0.717, 1.165) is 66.8 Å². The van der Waals surface area contributed by atoms with Crippen molar-refractivity contribution in [2.45, 2.75) is 52.0 Å². The number of unbranched alkanes of at least 4 members (excludes halogenated alkanes) is 2. The number of ketones is 1. The highest BCUT2D eigenvalue weighted by Gasteiger charge is 2.16. The molecular weight excluding hydrogens is 412 g/mol. The zero-order valence-electron chi connectivity index (χ0n) is 19.1. The van der Waals surface area contributed by atoms with Crippen molar-refractivity contribution in [2.75, 3.05) is 23.7 Å². The van der Waals surface area contributed by atoms with Gasteiger partial charge in [-0.3, -0.25) is 9.78 Å². The quantitative estimate of drug-likeness (QED) is 0.308. The number of pyridine rings is 2. The number of nitrogens with zero attached hydrogens (tertiary/aromatic N) is 5. The molecule has 1 aliphatic rings. The molecule has 33 heavy (non-hydrogen) atoms. The number of hydrogen-bond donors (Lipinski definition) is 1. The second-order valence-corrected chi connectivity index (χ2v) is 8.85. The van der Waals surface area contributed by atoms with E-state index in [9.17, 15) is 4.79 Å². The van der Waals surface area contributed by atoms with E-state index in [1.54, 1.807) is 6.20 Å². The summed E-state index contributed by atoms with van der Waals surface area (Å²) in [6.07, 6.45) is 7.68. The average Bonchev–Trinajstić information content (AvgIpc) is 3.48. The van der Waals surface area contributed by atoms with Gasteiger partial charge in [-0.05, 0) is 69.0 Å². The molecule has 7 nitrogen and oxygen atoms in total. The van der Waals surface area contributed by atoms with Crippen molar-refractivity contribution in [3.8, 4) is 0 Å². The van der Waals surface area contributed by atoms with E-state index in [0.29, 0.717) is 17.8 Å². The van der Waals surface area contributed by atoms with Crippen LogP contribution in [0.2, 0.25) is 0 Å². The predicted molar refractivity (Wildman–Crippen MR) is 133 cm³/mol. The Morgan fingerprint density at radius 3 is 2.58 bits per heavy atom. The van der Waals surface area contributed by atoms with Gasteiger partial charge in [0.15, 0.2) is 11.6 Å². The van der Waals surface area contributed by atoms with Gasteiger partial charge in [0, 0.05) is 43.5 Å². The second kappa shape index (κ2) is 9.17. The van der Waals surface area contributed by atoms with E-state index in [1.807, 2.05) is 31.2 Å². The van der Waals surface area contributed by atoms with E-state index in [1.165, 1.54) is 18.5 Å². The summed E-state index contributed by atoms with van der Waals surface area (Å²) < 4.78 is 2.18. The minimum atomic E-state index is 0.223. The fourth-order valence-electron chi connectivity index (χ4n) is 4.82. The fraction of sp³-hybridized carbons (Fsp3) is 0.385. The van der Waals surface area contributed by atoms with E-state index < -0.39 is 0 Å². The first-order chi connectivity index (χ1) is 16.1. The number of Topliss-reactive ketones (excluding diaryl/α,β-unsaturated/α-hetero) is 1. The van der Waals surface area contributed by atoms with Crippen LogP contribution in [0.1, 0.15) is 54.7 Å². The van der Waals surface area contributed by atoms with Crippen LogP contribution >= 0.6 is 0 Å². The molecule has 1 fully saturated rings. The lowest BCUT2D eigenvalue weighted by atomic mass is 10.0. The number of imidazole rings is 1. The number of nitrogen functional groups attached to an aromatic ring is 1. The Balaban J connectivity index is 1.19. The topological polar surface area (TPSA) is 89.9 Å². The predicted octanol–water partition coefficient (Wildman–Crippen LogP) is 4.91. The largest absolute Gasteiger partial charge is 0.382 e. The monoisotopic (exact) mass is 442 g/mol.